The van der Waals surface area contributed by atoms with E-state index < -0.39 is 0 Å². The van der Waals surface area contributed by atoms with Gasteiger partial charge in [0.1, 0.15) is 16.2 Å². The number of nitrogen functional groups attached to an aromatic ring is 1. The van der Waals surface area contributed by atoms with Gasteiger partial charge in [-0.3, -0.25) is 0 Å². The summed E-state index contributed by atoms with van der Waals surface area (Å²) in [5, 5.41) is 0. The first-order valence-corrected chi connectivity index (χ1v) is 6.55. The van der Waals surface area contributed by atoms with E-state index in [1.165, 1.54) is 6.07 Å². The quantitative estimate of drug-likeness (QED) is 0.881. The molecule has 19 heavy (non-hydrogen) atoms. The van der Waals surface area contributed by atoms with Crippen molar-refractivity contribution >= 4 is 27.7 Å². The zero-order valence-corrected chi connectivity index (χ0v) is 12.2. The standard InChI is InChI=1S/C13H14BrFN4/c1-8(9-5-3-4-6-10(9)15)19(2)13-17-11(14)7-12(16)18-13/h3-8H,1-2H3,(H2,16,17,18). The van der Waals surface area contributed by atoms with Gasteiger partial charge in [0.15, 0.2) is 0 Å². The van der Waals surface area contributed by atoms with Crippen molar-refractivity contribution in [1.82, 2.24) is 9.97 Å². The van der Waals surface area contributed by atoms with Crippen LogP contribution in [0.2, 0.25) is 0 Å². The highest BCUT2D eigenvalue weighted by molar-refractivity contribution is 9.10. The number of aromatic nitrogens is 2. The van der Waals surface area contributed by atoms with Crippen LogP contribution < -0.4 is 10.6 Å². The molecule has 0 radical (unpaired) electrons. The van der Waals surface area contributed by atoms with Gasteiger partial charge in [-0.05, 0) is 28.9 Å². The van der Waals surface area contributed by atoms with Crippen molar-refractivity contribution in [2.75, 3.05) is 17.7 Å². The molecule has 1 unspecified atom stereocenters. The number of hydrogen-bond donors (Lipinski definition) is 1. The number of benzene rings is 1. The van der Waals surface area contributed by atoms with Gasteiger partial charge in [0.25, 0.3) is 0 Å². The molecule has 2 aromatic rings. The van der Waals surface area contributed by atoms with E-state index in [2.05, 4.69) is 25.9 Å². The molecular formula is C13H14BrFN4. The summed E-state index contributed by atoms with van der Waals surface area (Å²) in [6.45, 7) is 1.89. The second-order valence-electron chi connectivity index (χ2n) is 4.22. The fraction of sp³-hybridized carbons (Fsp3) is 0.231. The number of hydrogen-bond acceptors (Lipinski definition) is 4. The molecule has 1 atom stereocenters. The third-order valence-electron chi connectivity index (χ3n) is 2.95. The van der Waals surface area contributed by atoms with E-state index in [9.17, 15) is 4.39 Å². The minimum Gasteiger partial charge on any atom is -0.383 e. The molecule has 4 nitrogen and oxygen atoms in total. The lowest BCUT2D eigenvalue weighted by atomic mass is 10.1. The van der Waals surface area contributed by atoms with Gasteiger partial charge in [-0.15, -0.1) is 0 Å². The van der Waals surface area contributed by atoms with Crippen molar-refractivity contribution in [3.63, 3.8) is 0 Å². The van der Waals surface area contributed by atoms with Gasteiger partial charge in [-0.1, -0.05) is 18.2 Å². The molecule has 0 saturated heterocycles. The highest BCUT2D eigenvalue weighted by atomic mass is 79.9. The Morgan fingerprint density at radius 1 is 1.32 bits per heavy atom. The van der Waals surface area contributed by atoms with Gasteiger partial charge >= 0.3 is 0 Å². The fourth-order valence-corrected chi connectivity index (χ4v) is 2.17. The van der Waals surface area contributed by atoms with Crippen molar-refractivity contribution in [3.05, 3.63) is 46.3 Å². The molecule has 0 aliphatic heterocycles. The van der Waals surface area contributed by atoms with Crippen LogP contribution in [0.15, 0.2) is 34.9 Å². The van der Waals surface area contributed by atoms with Gasteiger partial charge in [0.05, 0.1) is 6.04 Å². The SMILES string of the molecule is CC(c1ccccc1F)N(C)c1nc(N)cc(Br)n1. The molecule has 100 valence electrons. The molecule has 0 amide bonds. The summed E-state index contributed by atoms with van der Waals surface area (Å²) in [6.07, 6.45) is 0. The lowest BCUT2D eigenvalue weighted by molar-refractivity contribution is 0.582. The zero-order valence-electron chi connectivity index (χ0n) is 10.6. The molecular weight excluding hydrogens is 311 g/mol. The highest BCUT2D eigenvalue weighted by Crippen LogP contribution is 2.26. The highest BCUT2D eigenvalue weighted by Gasteiger charge is 2.18. The van der Waals surface area contributed by atoms with E-state index in [1.54, 1.807) is 36.2 Å². The Morgan fingerprint density at radius 2 is 2.00 bits per heavy atom. The van der Waals surface area contributed by atoms with E-state index in [4.69, 9.17) is 5.73 Å². The topological polar surface area (TPSA) is 55.0 Å². The average molecular weight is 325 g/mol. The number of nitrogens with zero attached hydrogens (tertiary/aromatic N) is 3. The minimum absolute atomic E-state index is 0.199. The van der Waals surface area contributed by atoms with Crippen molar-refractivity contribution < 1.29 is 4.39 Å². The summed E-state index contributed by atoms with van der Waals surface area (Å²) >= 11 is 3.27. The molecule has 0 spiro atoms. The van der Waals surface area contributed by atoms with Crippen molar-refractivity contribution in [1.29, 1.82) is 0 Å². The Balaban J connectivity index is 2.33. The Hall–Kier alpha value is -1.69. The molecule has 0 saturated carbocycles. The van der Waals surface area contributed by atoms with Gasteiger partial charge in [0.2, 0.25) is 5.95 Å². The minimum atomic E-state index is -0.246. The normalized spacial score (nSPS) is 12.2. The maximum atomic E-state index is 13.8. The fourth-order valence-electron chi connectivity index (χ4n) is 1.78. The van der Waals surface area contributed by atoms with E-state index in [-0.39, 0.29) is 11.9 Å². The molecule has 0 bridgehead atoms. The van der Waals surface area contributed by atoms with E-state index in [1.807, 2.05) is 6.92 Å². The van der Waals surface area contributed by atoms with Gasteiger partial charge in [0, 0.05) is 18.7 Å². The lowest BCUT2D eigenvalue weighted by Gasteiger charge is -2.25. The van der Waals surface area contributed by atoms with Crippen LogP contribution >= 0.6 is 15.9 Å². The molecule has 2 N–H and O–H groups in total. The summed E-state index contributed by atoms with van der Waals surface area (Å²) < 4.78 is 14.4. The summed E-state index contributed by atoms with van der Waals surface area (Å²) in [5.41, 5.74) is 6.27. The third kappa shape index (κ3) is 3.01. The van der Waals surface area contributed by atoms with Gasteiger partial charge in [-0.2, -0.15) is 4.98 Å². The van der Waals surface area contributed by atoms with Crippen LogP contribution in [-0.2, 0) is 0 Å². The van der Waals surface area contributed by atoms with E-state index in [0.717, 1.165) is 0 Å². The first-order chi connectivity index (χ1) is 8.99. The first kappa shape index (κ1) is 13.7. The number of nitrogens with two attached hydrogens (primary N) is 1. The largest absolute Gasteiger partial charge is 0.383 e. The van der Waals surface area contributed by atoms with Crippen LogP contribution in [0.4, 0.5) is 16.2 Å². The Kier molecular flexibility index (Phi) is 3.99. The zero-order chi connectivity index (χ0) is 14.0. The molecule has 1 aromatic carbocycles. The molecule has 1 heterocycles. The summed E-state index contributed by atoms with van der Waals surface area (Å²) in [6, 6.07) is 8.08. The molecule has 0 aliphatic rings. The van der Waals surface area contributed by atoms with Crippen LogP contribution in [0.3, 0.4) is 0 Å². The van der Waals surface area contributed by atoms with Crippen LogP contribution in [0.25, 0.3) is 0 Å². The second kappa shape index (κ2) is 5.52. The number of rotatable bonds is 3. The maximum Gasteiger partial charge on any atom is 0.228 e. The van der Waals surface area contributed by atoms with Crippen molar-refractivity contribution in [2.45, 2.75) is 13.0 Å². The summed E-state index contributed by atoms with van der Waals surface area (Å²) in [5.74, 6) is 0.567. The average Bonchev–Trinajstić information content (AvgIpc) is 2.36. The Labute approximate surface area is 119 Å². The predicted octanol–water partition coefficient (Wildman–Crippen LogP) is 3.16. The monoisotopic (exact) mass is 324 g/mol. The van der Waals surface area contributed by atoms with Crippen molar-refractivity contribution in [2.24, 2.45) is 0 Å². The van der Waals surface area contributed by atoms with E-state index in [0.29, 0.717) is 21.9 Å². The van der Waals surface area contributed by atoms with Crippen LogP contribution in [0.1, 0.15) is 18.5 Å². The van der Waals surface area contributed by atoms with E-state index >= 15 is 0 Å². The summed E-state index contributed by atoms with van der Waals surface area (Å²) in [7, 11) is 1.80. The maximum absolute atomic E-state index is 13.8. The van der Waals surface area contributed by atoms with Crippen LogP contribution in [0, 0.1) is 5.82 Å². The Morgan fingerprint density at radius 3 is 2.63 bits per heavy atom. The third-order valence-corrected chi connectivity index (χ3v) is 3.36. The molecule has 1 aromatic heterocycles. The molecule has 6 heteroatoms. The second-order valence-corrected chi connectivity index (χ2v) is 5.04. The molecule has 2 rings (SSSR count). The van der Waals surface area contributed by atoms with Gasteiger partial charge in [-0.25, -0.2) is 9.37 Å². The van der Waals surface area contributed by atoms with Crippen molar-refractivity contribution in [3.8, 4) is 0 Å². The molecule has 0 fully saturated rings. The lowest BCUT2D eigenvalue weighted by Crippen LogP contribution is -2.24. The van der Waals surface area contributed by atoms with Crippen LogP contribution in [0.5, 0.6) is 0 Å². The first-order valence-electron chi connectivity index (χ1n) is 5.76. The smallest absolute Gasteiger partial charge is 0.228 e. The van der Waals surface area contributed by atoms with Crippen LogP contribution in [-0.4, -0.2) is 17.0 Å². The van der Waals surface area contributed by atoms with Gasteiger partial charge < -0.3 is 10.6 Å². The molecule has 0 aliphatic carbocycles. The number of halogens is 2. The predicted molar refractivity (Wildman–Crippen MR) is 77.4 cm³/mol. The summed E-state index contributed by atoms with van der Waals surface area (Å²) in [4.78, 5) is 10.2. The number of anilines is 2. The Bertz CT molecular complexity index is 570.